The maximum absolute atomic E-state index is 14.9. The molecule has 0 spiro atoms. The van der Waals surface area contributed by atoms with E-state index in [2.05, 4.69) is 74.4 Å². The van der Waals surface area contributed by atoms with Gasteiger partial charge >= 0.3 is 12.0 Å². The number of benzene rings is 2. The number of fused-ring (bicyclic) bond motifs is 13. The first-order valence-corrected chi connectivity index (χ1v) is 43.3. The number of nitrogens with one attached hydrogen (secondary N) is 10. The first kappa shape index (κ1) is 88.6. The minimum Gasteiger partial charge on any atom is -0.486 e. The number of anilines is 1. The third-order valence-corrected chi connectivity index (χ3v) is 24.7. The predicted octanol–water partition coefficient (Wildman–Crippen LogP) is 6.25. The number of aliphatic hydroxyl groups is 2. The van der Waals surface area contributed by atoms with Gasteiger partial charge in [0.2, 0.25) is 28.7 Å². The van der Waals surface area contributed by atoms with Gasteiger partial charge in [0.05, 0.1) is 35.3 Å². The monoisotopic (exact) mass is 1780 g/mol. The molecule has 636 valence electrons. The van der Waals surface area contributed by atoms with Crippen LogP contribution in [0.3, 0.4) is 0 Å². The van der Waals surface area contributed by atoms with Crippen molar-refractivity contribution in [1.29, 1.82) is 0 Å². The number of imide groups is 1. The summed E-state index contributed by atoms with van der Waals surface area (Å²) in [4.78, 5) is 223. The van der Waals surface area contributed by atoms with Crippen molar-refractivity contribution in [1.82, 2.24) is 82.3 Å². The van der Waals surface area contributed by atoms with Crippen molar-refractivity contribution < 1.29 is 86.8 Å². The number of allylic oxidation sites excluding steroid dienone is 1. The smallest absolute Gasteiger partial charge is 0.335 e. The number of nitrogens with zero attached hydrogens (tertiary/aromatic N) is 7. The molecule has 0 saturated heterocycles. The molecule has 43 heteroatoms. The minimum atomic E-state index is -1.89. The second-order valence-electron chi connectivity index (χ2n) is 28.4. The fraction of sp³-hybridized carbons (Fsp3) is 0.316. The Labute approximate surface area is 718 Å². The molecule has 0 saturated carbocycles. The fourth-order valence-electron chi connectivity index (χ4n) is 12.8. The Kier molecular flexibility index (Phi) is 28.8. The molecule has 2 aromatic carbocycles. The topological polar surface area (TPSA) is 555 Å². The number of thiazole rings is 5. The molecule has 37 nitrogen and oxygen atoms in total. The summed E-state index contributed by atoms with van der Waals surface area (Å²) in [6, 6.07) is 5.82. The lowest BCUT2D eigenvalue weighted by Crippen LogP contribution is -2.54. The molecule has 0 aliphatic carbocycles. The molecule has 3 aliphatic rings. The molecule has 10 heterocycles. The van der Waals surface area contributed by atoms with Gasteiger partial charge < -0.3 is 84.0 Å². The van der Waals surface area contributed by atoms with Gasteiger partial charge in [0.15, 0.2) is 6.10 Å². The quantitative estimate of drug-likeness (QED) is 0.0137. The van der Waals surface area contributed by atoms with Gasteiger partial charge in [-0.3, -0.25) is 62.4 Å². The average Bonchev–Trinajstić information content (AvgIpc) is 1.59. The van der Waals surface area contributed by atoms with E-state index in [4.69, 9.17) is 35.9 Å². The van der Waals surface area contributed by atoms with E-state index in [0.717, 1.165) is 73.3 Å². The zero-order valence-electron chi connectivity index (χ0n) is 65.7. The van der Waals surface area contributed by atoms with Crippen molar-refractivity contribution in [2.24, 2.45) is 17.4 Å². The summed E-state index contributed by atoms with van der Waals surface area (Å²) in [5.74, 6) is -9.64. The lowest BCUT2D eigenvalue weighted by molar-refractivity contribution is -0.155. The van der Waals surface area contributed by atoms with Crippen molar-refractivity contribution in [3.8, 4) is 38.4 Å². The predicted molar refractivity (Wildman–Crippen MR) is 452 cm³/mol. The molecule has 7 aromatic heterocycles. The Morgan fingerprint density at radius 2 is 1.39 bits per heavy atom. The lowest BCUT2D eigenvalue weighted by Gasteiger charge is -2.25. The molecule has 12 bridgehead atoms. The van der Waals surface area contributed by atoms with E-state index in [1.54, 1.807) is 75.5 Å². The van der Waals surface area contributed by atoms with Crippen molar-refractivity contribution in [2.45, 2.75) is 135 Å². The van der Waals surface area contributed by atoms with E-state index in [-0.39, 0.29) is 145 Å². The summed E-state index contributed by atoms with van der Waals surface area (Å²) in [5.41, 5.74) is 12.2. The fourth-order valence-corrected chi connectivity index (χ4v) is 18.0. The van der Waals surface area contributed by atoms with E-state index in [1.165, 1.54) is 52.7 Å². The maximum Gasteiger partial charge on any atom is 0.335 e. The molecule has 122 heavy (non-hydrogen) atoms. The third kappa shape index (κ3) is 21.6. The van der Waals surface area contributed by atoms with E-state index in [9.17, 15) is 77.3 Å². The summed E-state index contributed by atoms with van der Waals surface area (Å²) >= 11 is 5.61. The van der Waals surface area contributed by atoms with Crippen LogP contribution in [0, 0.1) is 12.8 Å². The number of cyclic esters (lactones) is 1. The van der Waals surface area contributed by atoms with Crippen molar-refractivity contribution in [2.75, 3.05) is 24.2 Å². The van der Waals surface area contributed by atoms with Crippen LogP contribution in [0.25, 0.3) is 49.3 Å². The van der Waals surface area contributed by atoms with E-state index < -0.39 is 143 Å². The van der Waals surface area contributed by atoms with Crippen LogP contribution in [0.15, 0.2) is 106 Å². The van der Waals surface area contributed by atoms with Gasteiger partial charge in [-0.15, -0.1) is 56.7 Å². The number of hydrogen-bond donors (Lipinski definition) is 14. The van der Waals surface area contributed by atoms with Gasteiger partial charge in [0.25, 0.3) is 41.4 Å². The number of rotatable bonds is 24. The van der Waals surface area contributed by atoms with E-state index in [0.29, 0.717) is 46.9 Å². The Morgan fingerprint density at radius 1 is 0.738 bits per heavy atom. The number of hydrogen-bond acceptors (Lipinski definition) is 30. The van der Waals surface area contributed by atoms with Crippen molar-refractivity contribution in [3.05, 3.63) is 166 Å². The Hall–Kier alpha value is -12.7. The van der Waals surface area contributed by atoms with Crippen LogP contribution in [0.4, 0.5) is 10.5 Å². The molecule has 12 rings (SSSR count). The number of carbonyl (C=O) groups is 14. The van der Waals surface area contributed by atoms with Crippen molar-refractivity contribution in [3.63, 3.8) is 0 Å². The van der Waals surface area contributed by atoms with Crippen LogP contribution in [0.1, 0.15) is 169 Å². The summed E-state index contributed by atoms with van der Waals surface area (Å²) in [7, 11) is 0. The number of carbonyl (C=O) groups excluding carboxylic acids is 14. The first-order valence-electron chi connectivity index (χ1n) is 37.9. The number of esters is 1. The van der Waals surface area contributed by atoms with Gasteiger partial charge in [0, 0.05) is 92.9 Å². The third-order valence-electron chi connectivity index (χ3n) is 19.3. The van der Waals surface area contributed by atoms with Gasteiger partial charge in [-0.2, -0.15) is 0 Å². The second kappa shape index (κ2) is 39.7. The first-order chi connectivity index (χ1) is 58.4. The number of aliphatic hydroxyl groups excluding tert-OH is 2. The molecular formula is C79H81N19O18S6. The molecule has 3 aliphatic heterocycles. The highest BCUT2D eigenvalue weighted by atomic mass is 32.2. The normalized spacial score (nSPS) is 17.7. The number of aryl methyl sites for hydroxylation is 1. The van der Waals surface area contributed by atoms with Crippen LogP contribution in [0.5, 0.6) is 5.75 Å². The number of thioether (sulfide) groups is 1. The molecule has 0 unspecified atom stereocenters. The zero-order chi connectivity index (χ0) is 87.3. The Bertz CT molecular complexity index is 5670. The largest absolute Gasteiger partial charge is 0.486 e. The summed E-state index contributed by atoms with van der Waals surface area (Å²) in [6.45, 7) is 11.2. The minimum absolute atomic E-state index is 0.00441. The highest BCUT2D eigenvalue weighted by Crippen LogP contribution is 2.43. The molecule has 0 fully saturated rings. The average molecular weight is 1780 g/mol. The van der Waals surface area contributed by atoms with Gasteiger partial charge in [-0.25, -0.2) is 39.5 Å². The number of unbranched alkanes of at least 4 members (excludes halogenated alkanes) is 2. The number of nitrogens with two attached hydrogens (primary N) is 2. The van der Waals surface area contributed by atoms with Crippen LogP contribution in [-0.4, -0.2) is 181 Å². The van der Waals surface area contributed by atoms with Crippen LogP contribution >= 0.6 is 68.4 Å². The molecular weight excluding hydrogens is 1700 g/mol. The van der Waals surface area contributed by atoms with E-state index in [1.807, 2.05) is 0 Å². The SMILES string of the molecule is C=C(NC(=O)c1csc(-c2nc3c(cc2OCc2ccc(NC(=O)[C@H](CCCNC(N)=O)NC(=O)[C@@H](NC(=O)CCCCCN4C(=O)C=CC4=O)C(C)C)cc2)-c2nc(cs2)C(=O)N[C@@H]([C@@H](C)O)C(=O)N/C(=C\C)c2nc(cs2)C(=O)N[C@H]2C[C@H](O)C(=O)OCc4cccc5[nH]c(c(C)c45)C(=O)SC[C@H](NC(=O)c4csc2n4)c2nc-3cs2)n1)C(N)=O. The van der Waals surface area contributed by atoms with Gasteiger partial charge in [-0.05, 0) is 93.3 Å². The standard InChI is InChI=1S/C79H81N19O18S6/c1-7-43-73-92-49(31-119-73)67(107)88-46-26-53(100)77(112)116-28-40-13-11-14-44-58(40)36(4)60(85-44)78(113)122-34-52(89-68(108)50-32-120-74(46)93-50)75-90-47(29-118-75)62-42(72-91-51(30-117-72)69(109)97-61(38(6)99)71(111)86-43)25-54(63(96-62)76-94-48(33-121-76)66(106)83-37(5)64(80)104)115-27-39-17-19-41(20-18-39)84-65(105)45(15-12-23-82-79(81)114)87-70(110)59(35(2)3)95-55(101)16-9-8-10-24-98-56(102)21-22-57(98)103/h7,11,13-14,17-22,25,29-33,35,38,45-46,52-53,59,61,85,99-100H,5,8-10,12,15-16,23-24,26-28,34H2,1-4,6H3,(H2,80,104)(H,83,106)(H,84,105)(H,86,111)(H,87,110)(H,88,107)(H,89,108)(H,95,101)(H,97,109)(H3,81,82,114)/b43-7-/t38-,45+,46+,52+,53+,59+,61+/m1/s1. The number of pyridine rings is 1. The second-order valence-corrected chi connectivity index (χ2v) is 33.7. The van der Waals surface area contributed by atoms with E-state index >= 15 is 0 Å². The number of ether oxygens (including phenoxy) is 2. The zero-order valence-corrected chi connectivity index (χ0v) is 70.6. The Balaban J connectivity index is 0.900. The van der Waals surface area contributed by atoms with Crippen LogP contribution in [-0.2, 0) is 56.3 Å². The van der Waals surface area contributed by atoms with Crippen LogP contribution < -0.4 is 64.1 Å². The molecule has 16 N–H and O–H groups in total. The Morgan fingerprint density at radius 3 is 2.09 bits per heavy atom. The number of amides is 13. The summed E-state index contributed by atoms with van der Waals surface area (Å²) < 4.78 is 12.4. The molecule has 0 radical (unpaired) electrons. The van der Waals surface area contributed by atoms with Crippen LogP contribution in [0.2, 0.25) is 0 Å². The lowest BCUT2D eigenvalue weighted by atomic mass is 10.0. The molecule has 13 amide bonds. The van der Waals surface area contributed by atoms with Crippen molar-refractivity contribution >= 4 is 173 Å². The van der Waals surface area contributed by atoms with Gasteiger partial charge in [-0.1, -0.05) is 69.0 Å². The maximum atomic E-state index is 14.9. The highest BCUT2D eigenvalue weighted by molar-refractivity contribution is 8.14. The highest BCUT2D eigenvalue weighted by Gasteiger charge is 2.36. The summed E-state index contributed by atoms with van der Waals surface area (Å²) in [5, 5.41) is 54.7. The van der Waals surface area contributed by atoms with Gasteiger partial charge in [0.1, 0.15) is 102 Å². The number of H-pyrrole nitrogens is 1. The number of aromatic nitrogens is 7. The number of urea groups is 1. The molecule has 7 atom stereocenters. The number of primary amides is 2. The number of aromatic amines is 1. The molecule has 9 aromatic rings. The summed E-state index contributed by atoms with van der Waals surface area (Å²) in [6.07, 6.45) is 1.48.